The third-order valence-corrected chi connectivity index (χ3v) is 3.44. The third-order valence-electron chi connectivity index (χ3n) is 2.33. The Morgan fingerprint density at radius 1 is 1.50 bits per heavy atom. The summed E-state index contributed by atoms with van der Waals surface area (Å²) in [6.07, 6.45) is 0. The van der Waals surface area contributed by atoms with E-state index >= 15 is 0 Å². The van der Waals surface area contributed by atoms with Gasteiger partial charge in [-0.05, 0) is 34.7 Å². The van der Waals surface area contributed by atoms with Crippen LogP contribution >= 0.6 is 22.6 Å². The van der Waals surface area contributed by atoms with Crippen molar-refractivity contribution in [2.45, 2.75) is 6.61 Å². The fourth-order valence-corrected chi connectivity index (χ4v) is 1.94. The van der Waals surface area contributed by atoms with Crippen LogP contribution in [0.3, 0.4) is 0 Å². The van der Waals surface area contributed by atoms with Crippen molar-refractivity contribution in [2.24, 2.45) is 0 Å². The van der Waals surface area contributed by atoms with Gasteiger partial charge in [0.2, 0.25) is 0 Å². The second kappa shape index (κ2) is 5.49. The number of nitrogens with zero attached hydrogens (tertiary/aromatic N) is 1. The molecule has 0 amide bonds. The van der Waals surface area contributed by atoms with Crippen LogP contribution in [0.5, 0.6) is 5.75 Å². The third kappa shape index (κ3) is 2.70. The first-order valence-electron chi connectivity index (χ1n) is 5.19. The molecule has 0 aliphatic carbocycles. The molecule has 0 aliphatic heterocycles. The van der Waals surface area contributed by atoms with Crippen LogP contribution < -0.4 is 5.56 Å². The number of nitrogens with one attached hydrogen (secondary N) is 1. The Kier molecular flexibility index (Phi) is 3.97. The van der Waals surface area contributed by atoms with Crippen molar-refractivity contribution in [1.29, 1.82) is 0 Å². The molecule has 5 nitrogen and oxygen atoms in total. The normalized spacial score (nSPS) is 10.6. The summed E-state index contributed by atoms with van der Waals surface area (Å²) in [5, 5.41) is 9.42. The molecule has 0 aliphatic rings. The van der Waals surface area contributed by atoms with Crippen LogP contribution in [0.15, 0.2) is 29.1 Å². The van der Waals surface area contributed by atoms with Crippen LogP contribution in [-0.2, 0) is 11.3 Å². The fourth-order valence-electron chi connectivity index (χ4n) is 1.53. The summed E-state index contributed by atoms with van der Waals surface area (Å²) in [5.74, 6) is 0.547. The number of phenols is 1. The number of phenolic OH excluding ortho intramolecular Hbond substituents is 1. The fraction of sp³-hybridized carbons (Fsp3) is 0.167. The van der Waals surface area contributed by atoms with Gasteiger partial charge < -0.3 is 14.8 Å². The van der Waals surface area contributed by atoms with E-state index in [9.17, 15) is 9.90 Å². The zero-order valence-electron chi connectivity index (χ0n) is 9.61. The SMILES string of the molecule is COCc1nc(-c2cccc(O)c2)[nH]c(=O)c1I. The summed E-state index contributed by atoms with van der Waals surface area (Å²) < 4.78 is 5.52. The Morgan fingerprint density at radius 2 is 2.28 bits per heavy atom. The average Bonchev–Trinajstić information content (AvgIpc) is 2.35. The maximum absolute atomic E-state index is 11.8. The standard InChI is InChI=1S/C12H11IN2O3/c1-18-6-9-10(13)12(17)15-11(14-9)7-3-2-4-8(16)5-7/h2-5,16H,6H2,1H3,(H,14,15,17). The first-order valence-corrected chi connectivity index (χ1v) is 6.26. The molecule has 0 radical (unpaired) electrons. The summed E-state index contributed by atoms with van der Waals surface area (Å²) in [4.78, 5) is 18.8. The van der Waals surface area contributed by atoms with Crippen molar-refractivity contribution in [2.75, 3.05) is 7.11 Å². The second-order valence-electron chi connectivity index (χ2n) is 3.66. The highest BCUT2D eigenvalue weighted by molar-refractivity contribution is 14.1. The number of rotatable bonds is 3. The van der Waals surface area contributed by atoms with Gasteiger partial charge in [-0.15, -0.1) is 0 Å². The summed E-state index contributed by atoms with van der Waals surface area (Å²) in [6.45, 7) is 0.272. The van der Waals surface area contributed by atoms with Crippen molar-refractivity contribution in [3.63, 3.8) is 0 Å². The second-order valence-corrected chi connectivity index (χ2v) is 4.74. The van der Waals surface area contributed by atoms with Crippen LogP contribution in [0.25, 0.3) is 11.4 Å². The van der Waals surface area contributed by atoms with E-state index < -0.39 is 0 Å². The highest BCUT2D eigenvalue weighted by Gasteiger charge is 2.10. The van der Waals surface area contributed by atoms with E-state index in [0.717, 1.165) is 0 Å². The Balaban J connectivity index is 2.55. The summed E-state index contributed by atoms with van der Waals surface area (Å²) in [7, 11) is 1.55. The Bertz CT molecular complexity index is 625. The number of H-pyrrole nitrogens is 1. The van der Waals surface area contributed by atoms with Crippen molar-refractivity contribution < 1.29 is 9.84 Å². The number of aromatic nitrogens is 2. The van der Waals surface area contributed by atoms with E-state index in [-0.39, 0.29) is 17.9 Å². The number of ether oxygens (including phenoxy) is 1. The van der Waals surface area contributed by atoms with Crippen molar-refractivity contribution in [3.05, 3.63) is 43.9 Å². The number of benzene rings is 1. The molecule has 0 unspecified atom stereocenters. The van der Waals surface area contributed by atoms with Gasteiger partial charge in [0.1, 0.15) is 15.1 Å². The van der Waals surface area contributed by atoms with E-state index in [1.54, 1.807) is 31.4 Å². The van der Waals surface area contributed by atoms with Crippen LogP contribution in [0, 0.1) is 3.57 Å². The van der Waals surface area contributed by atoms with Crippen molar-refractivity contribution in [3.8, 4) is 17.1 Å². The quantitative estimate of drug-likeness (QED) is 0.822. The number of halogens is 1. The Hall–Kier alpha value is -1.41. The van der Waals surface area contributed by atoms with Crippen molar-refractivity contribution >= 4 is 22.6 Å². The van der Waals surface area contributed by atoms with Gasteiger partial charge in [-0.25, -0.2) is 4.98 Å². The minimum Gasteiger partial charge on any atom is -0.508 e. The molecule has 0 saturated heterocycles. The zero-order valence-corrected chi connectivity index (χ0v) is 11.8. The van der Waals surface area contributed by atoms with Crippen LogP contribution in [0.4, 0.5) is 0 Å². The van der Waals surface area contributed by atoms with E-state index in [4.69, 9.17) is 4.74 Å². The molecule has 2 aromatic rings. The summed E-state index contributed by atoms with van der Waals surface area (Å²) in [5.41, 5.74) is 1.03. The molecule has 0 atom stereocenters. The van der Waals surface area contributed by atoms with Crippen LogP contribution in [0.2, 0.25) is 0 Å². The lowest BCUT2D eigenvalue weighted by molar-refractivity contribution is 0.180. The van der Waals surface area contributed by atoms with Gasteiger partial charge in [-0.1, -0.05) is 12.1 Å². The monoisotopic (exact) mass is 358 g/mol. The van der Waals surface area contributed by atoms with E-state index in [2.05, 4.69) is 9.97 Å². The van der Waals surface area contributed by atoms with E-state index in [1.807, 2.05) is 22.6 Å². The molecule has 2 rings (SSSR count). The maximum atomic E-state index is 11.8. The molecular formula is C12H11IN2O3. The molecule has 1 heterocycles. The molecule has 2 N–H and O–H groups in total. The van der Waals surface area contributed by atoms with E-state index in [0.29, 0.717) is 20.7 Å². The first-order chi connectivity index (χ1) is 8.61. The lowest BCUT2D eigenvalue weighted by Gasteiger charge is -2.06. The molecule has 6 heteroatoms. The zero-order chi connectivity index (χ0) is 13.1. The number of hydrogen-bond acceptors (Lipinski definition) is 4. The molecule has 18 heavy (non-hydrogen) atoms. The van der Waals surface area contributed by atoms with Gasteiger partial charge >= 0.3 is 0 Å². The number of aromatic amines is 1. The minimum absolute atomic E-state index is 0.127. The minimum atomic E-state index is -0.212. The largest absolute Gasteiger partial charge is 0.508 e. The topological polar surface area (TPSA) is 75.2 Å². The number of methoxy groups -OCH3 is 1. The predicted octanol–water partition coefficient (Wildman–Crippen LogP) is 1.89. The Labute approximate surface area is 117 Å². The highest BCUT2D eigenvalue weighted by Crippen LogP contribution is 2.20. The van der Waals surface area contributed by atoms with Gasteiger partial charge in [0.25, 0.3) is 5.56 Å². The number of aromatic hydroxyl groups is 1. The van der Waals surface area contributed by atoms with Crippen LogP contribution in [0.1, 0.15) is 5.69 Å². The maximum Gasteiger partial charge on any atom is 0.264 e. The van der Waals surface area contributed by atoms with E-state index in [1.165, 1.54) is 0 Å². The molecular weight excluding hydrogens is 347 g/mol. The lowest BCUT2D eigenvalue weighted by Crippen LogP contribution is -2.16. The molecule has 94 valence electrons. The van der Waals surface area contributed by atoms with Gasteiger partial charge in [0.15, 0.2) is 0 Å². The molecule has 0 saturated carbocycles. The smallest absolute Gasteiger partial charge is 0.264 e. The van der Waals surface area contributed by atoms with Gasteiger partial charge in [0, 0.05) is 12.7 Å². The summed E-state index contributed by atoms with van der Waals surface area (Å²) in [6, 6.07) is 6.56. The lowest BCUT2D eigenvalue weighted by atomic mass is 10.2. The molecule has 1 aromatic heterocycles. The molecule has 0 bridgehead atoms. The Morgan fingerprint density at radius 3 is 2.94 bits per heavy atom. The van der Waals surface area contributed by atoms with Gasteiger partial charge in [0.05, 0.1) is 12.3 Å². The molecule has 1 aromatic carbocycles. The molecule has 0 fully saturated rings. The first kappa shape index (κ1) is 13.0. The summed E-state index contributed by atoms with van der Waals surface area (Å²) >= 11 is 1.94. The predicted molar refractivity (Wildman–Crippen MR) is 75.4 cm³/mol. The van der Waals surface area contributed by atoms with Crippen LogP contribution in [-0.4, -0.2) is 22.2 Å². The molecule has 0 spiro atoms. The average molecular weight is 358 g/mol. The highest BCUT2D eigenvalue weighted by atomic mass is 127. The van der Waals surface area contributed by atoms with Gasteiger partial charge in [-0.2, -0.15) is 0 Å². The number of hydrogen-bond donors (Lipinski definition) is 2. The van der Waals surface area contributed by atoms with Gasteiger partial charge in [-0.3, -0.25) is 4.79 Å². The van der Waals surface area contributed by atoms with Crippen molar-refractivity contribution in [1.82, 2.24) is 9.97 Å².